The van der Waals surface area contributed by atoms with E-state index in [0.29, 0.717) is 11.6 Å². The van der Waals surface area contributed by atoms with Crippen LogP contribution in [0.3, 0.4) is 0 Å². The molecule has 1 amide bonds. The van der Waals surface area contributed by atoms with Crippen LogP contribution in [-0.4, -0.2) is 51.9 Å². The molecule has 1 fully saturated rings. The van der Waals surface area contributed by atoms with Crippen LogP contribution in [0.1, 0.15) is 13.3 Å². The molecule has 9 heteroatoms. The van der Waals surface area contributed by atoms with Crippen molar-refractivity contribution in [2.75, 3.05) is 11.5 Å². The normalized spacial score (nSPS) is 20.6. The fraction of sp³-hybridized carbons (Fsp3) is 0.400. The summed E-state index contributed by atoms with van der Waals surface area (Å²) >= 11 is 1.25. The minimum atomic E-state index is -3.00. The zero-order chi connectivity index (χ0) is 17.2. The van der Waals surface area contributed by atoms with Gasteiger partial charge in [-0.15, -0.1) is 5.10 Å². The number of carbonyl (C=O) groups is 1. The van der Waals surface area contributed by atoms with Gasteiger partial charge >= 0.3 is 0 Å². The largest absolute Gasteiger partial charge is 0.351 e. The maximum absolute atomic E-state index is 12.2. The van der Waals surface area contributed by atoms with Crippen LogP contribution < -0.4 is 5.32 Å². The number of rotatable bonds is 5. The van der Waals surface area contributed by atoms with Crippen LogP contribution in [0.25, 0.3) is 5.69 Å². The molecule has 0 spiro atoms. The summed E-state index contributed by atoms with van der Waals surface area (Å²) in [6.07, 6.45) is 2.08. The summed E-state index contributed by atoms with van der Waals surface area (Å²) in [7, 11) is -3.00. The van der Waals surface area contributed by atoms with E-state index in [1.165, 1.54) is 11.8 Å². The van der Waals surface area contributed by atoms with Crippen LogP contribution in [0.2, 0.25) is 0 Å². The van der Waals surface area contributed by atoms with E-state index in [9.17, 15) is 13.2 Å². The molecule has 1 aliphatic rings. The number of hydrogen-bond donors (Lipinski definition) is 1. The molecule has 0 bridgehead atoms. The molecule has 0 aliphatic carbocycles. The molecule has 0 saturated carbocycles. The molecule has 1 saturated heterocycles. The number of thioether (sulfide) groups is 1. The number of carbonyl (C=O) groups excluding carboxylic acids is 1. The Kier molecular flexibility index (Phi) is 4.91. The first kappa shape index (κ1) is 17.0. The summed E-state index contributed by atoms with van der Waals surface area (Å²) in [4.78, 5) is 16.4. The lowest BCUT2D eigenvalue weighted by Crippen LogP contribution is -2.39. The SMILES string of the molecule is C[C@@H](Sc1ncn(-c2ccccc2)n1)C(=O)N[C@H]1CCS(=O)(=O)C1. The zero-order valence-electron chi connectivity index (χ0n) is 13.1. The van der Waals surface area contributed by atoms with Gasteiger partial charge < -0.3 is 5.32 Å². The lowest BCUT2D eigenvalue weighted by Gasteiger charge is -2.14. The molecule has 3 rings (SSSR count). The van der Waals surface area contributed by atoms with Gasteiger partial charge in [0.05, 0.1) is 22.4 Å². The second-order valence-corrected chi connectivity index (χ2v) is 9.21. The van der Waals surface area contributed by atoms with Gasteiger partial charge in [0.2, 0.25) is 11.1 Å². The van der Waals surface area contributed by atoms with Crippen molar-refractivity contribution < 1.29 is 13.2 Å². The average molecular weight is 366 g/mol. The fourth-order valence-electron chi connectivity index (χ4n) is 2.45. The minimum absolute atomic E-state index is 0.0248. The fourth-order valence-corrected chi connectivity index (χ4v) is 4.85. The van der Waals surface area contributed by atoms with E-state index in [4.69, 9.17) is 0 Å². The molecule has 1 aromatic carbocycles. The topological polar surface area (TPSA) is 93.9 Å². The second-order valence-electron chi connectivity index (χ2n) is 5.68. The van der Waals surface area contributed by atoms with Crippen LogP contribution in [0.4, 0.5) is 0 Å². The van der Waals surface area contributed by atoms with E-state index in [1.54, 1.807) is 17.9 Å². The van der Waals surface area contributed by atoms with Gasteiger partial charge in [-0.2, -0.15) is 0 Å². The van der Waals surface area contributed by atoms with Gasteiger partial charge in [-0.05, 0) is 25.5 Å². The number of amides is 1. The van der Waals surface area contributed by atoms with Crippen LogP contribution in [0.5, 0.6) is 0 Å². The van der Waals surface area contributed by atoms with Crippen molar-refractivity contribution in [3.63, 3.8) is 0 Å². The summed E-state index contributed by atoms with van der Waals surface area (Å²) in [5.74, 6) is -0.0300. The molecule has 24 heavy (non-hydrogen) atoms. The summed E-state index contributed by atoms with van der Waals surface area (Å²) in [5, 5.41) is 7.24. The van der Waals surface area contributed by atoms with E-state index in [-0.39, 0.29) is 23.5 Å². The molecular weight excluding hydrogens is 348 g/mol. The molecule has 0 radical (unpaired) electrons. The van der Waals surface area contributed by atoms with Gasteiger partial charge in [0.15, 0.2) is 9.84 Å². The zero-order valence-corrected chi connectivity index (χ0v) is 14.8. The second kappa shape index (κ2) is 6.94. The van der Waals surface area contributed by atoms with E-state index in [2.05, 4.69) is 15.4 Å². The number of aromatic nitrogens is 3. The lowest BCUT2D eigenvalue weighted by molar-refractivity contribution is -0.120. The summed E-state index contributed by atoms with van der Waals surface area (Å²) in [6.45, 7) is 1.76. The Morgan fingerprint density at radius 2 is 2.12 bits per heavy atom. The standard InChI is InChI=1S/C15H18N4O3S2/c1-11(14(20)17-12-7-8-24(21,22)9-12)23-15-16-10-19(18-15)13-5-3-2-4-6-13/h2-6,10-12H,7-9H2,1H3,(H,17,20)/t11-,12+/m1/s1. The number of nitrogens with one attached hydrogen (secondary N) is 1. The third-order valence-electron chi connectivity index (χ3n) is 3.72. The lowest BCUT2D eigenvalue weighted by atomic mass is 10.2. The molecule has 1 aromatic heterocycles. The predicted molar refractivity (Wildman–Crippen MR) is 91.9 cm³/mol. The van der Waals surface area contributed by atoms with E-state index < -0.39 is 15.1 Å². The smallest absolute Gasteiger partial charge is 0.233 e. The van der Waals surface area contributed by atoms with Crippen LogP contribution in [-0.2, 0) is 14.6 Å². The van der Waals surface area contributed by atoms with E-state index in [0.717, 1.165) is 5.69 Å². The maximum Gasteiger partial charge on any atom is 0.233 e. The molecule has 0 unspecified atom stereocenters. The van der Waals surface area contributed by atoms with E-state index >= 15 is 0 Å². The Morgan fingerprint density at radius 1 is 1.38 bits per heavy atom. The number of para-hydroxylation sites is 1. The van der Waals surface area contributed by atoms with Crippen molar-refractivity contribution in [2.24, 2.45) is 0 Å². The summed E-state index contributed by atoms with van der Waals surface area (Å²) < 4.78 is 24.5. The van der Waals surface area contributed by atoms with E-state index in [1.807, 2.05) is 30.3 Å². The molecule has 2 atom stereocenters. The summed E-state index contributed by atoms with van der Waals surface area (Å²) in [5.41, 5.74) is 0.894. The predicted octanol–water partition coefficient (Wildman–Crippen LogP) is 1.05. The first-order chi connectivity index (χ1) is 11.4. The summed E-state index contributed by atoms with van der Waals surface area (Å²) in [6, 6.07) is 9.29. The maximum atomic E-state index is 12.2. The number of hydrogen-bond acceptors (Lipinski definition) is 6. The monoisotopic (exact) mass is 366 g/mol. The highest BCUT2D eigenvalue weighted by atomic mass is 32.2. The number of benzene rings is 1. The third-order valence-corrected chi connectivity index (χ3v) is 6.46. The first-order valence-corrected chi connectivity index (χ1v) is 10.3. The molecule has 1 N–H and O–H groups in total. The molecular formula is C15H18N4O3S2. The Balaban J connectivity index is 1.58. The van der Waals surface area contributed by atoms with Crippen LogP contribution >= 0.6 is 11.8 Å². The van der Waals surface area contributed by atoms with Crippen molar-refractivity contribution in [3.05, 3.63) is 36.7 Å². The van der Waals surface area contributed by atoms with Crippen LogP contribution in [0, 0.1) is 0 Å². The van der Waals surface area contributed by atoms with Gasteiger partial charge in [-0.3, -0.25) is 4.79 Å². The van der Waals surface area contributed by atoms with Crippen molar-refractivity contribution in [1.29, 1.82) is 0 Å². The Bertz CT molecular complexity index is 820. The number of sulfone groups is 1. The van der Waals surface area contributed by atoms with Crippen molar-refractivity contribution in [2.45, 2.75) is 29.8 Å². The van der Waals surface area contributed by atoms with Gasteiger partial charge in [0.1, 0.15) is 6.33 Å². The Labute approximate surface area is 144 Å². The van der Waals surface area contributed by atoms with Gasteiger partial charge in [-0.25, -0.2) is 18.1 Å². The highest BCUT2D eigenvalue weighted by Crippen LogP contribution is 2.21. The minimum Gasteiger partial charge on any atom is -0.351 e. The highest BCUT2D eigenvalue weighted by Gasteiger charge is 2.30. The van der Waals surface area contributed by atoms with Gasteiger partial charge in [0.25, 0.3) is 0 Å². The van der Waals surface area contributed by atoms with Gasteiger partial charge in [0, 0.05) is 6.04 Å². The Morgan fingerprint density at radius 3 is 2.79 bits per heavy atom. The molecule has 7 nitrogen and oxygen atoms in total. The van der Waals surface area contributed by atoms with Crippen molar-refractivity contribution in [3.8, 4) is 5.69 Å². The highest BCUT2D eigenvalue weighted by molar-refractivity contribution is 8.00. The molecule has 2 heterocycles. The average Bonchev–Trinajstić information content (AvgIpc) is 3.14. The molecule has 1 aliphatic heterocycles. The third kappa shape index (κ3) is 4.15. The quantitative estimate of drug-likeness (QED) is 0.795. The first-order valence-electron chi connectivity index (χ1n) is 7.57. The van der Waals surface area contributed by atoms with Gasteiger partial charge in [-0.1, -0.05) is 30.0 Å². The molecule has 128 valence electrons. The molecule has 2 aromatic rings. The number of nitrogens with zero attached hydrogens (tertiary/aromatic N) is 3. The van der Waals surface area contributed by atoms with Crippen molar-refractivity contribution >= 4 is 27.5 Å². The Hall–Kier alpha value is -1.87. The van der Waals surface area contributed by atoms with Crippen LogP contribution in [0.15, 0.2) is 41.8 Å². The van der Waals surface area contributed by atoms with Crippen molar-refractivity contribution in [1.82, 2.24) is 20.1 Å².